The second kappa shape index (κ2) is 6.17. The lowest BCUT2D eigenvalue weighted by Gasteiger charge is -2.42. The molecule has 1 fully saturated rings. The van der Waals surface area contributed by atoms with Crippen LogP contribution < -0.4 is 5.73 Å². The number of benzene rings is 1. The maximum atomic E-state index is 5.95. The number of likely N-dealkylation sites (tertiary alicyclic amines) is 1. The van der Waals surface area contributed by atoms with Gasteiger partial charge in [-0.1, -0.05) is 28.9 Å². The van der Waals surface area contributed by atoms with E-state index in [-0.39, 0.29) is 0 Å². The standard InChI is InChI=1S/C17H25BrN2/c1-12-6-7-20(11-15(12)10-19)17-5-3-13-8-16(18)4-2-14(13)9-17/h2,4,8,12,15,17H,3,5-7,9-11,19H2,1H3. The summed E-state index contributed by atoms with van der Waals surface area (Å²) in [5.74, 6) is 1.48. The summed E-state index contributed by atoms with van der Waals surface area (Å²) in [6, 6.07) is 7.51. The second-order valence-electron chi connectivity index (χ2n) is 6.57. The van der Waals surface area contributed by atoms with Gasteiger partial charge in [-0.25, -0.2) is 0 Å². The van der Waals surface area contributed by atoms with E-state index in [1.165, 1.54) is 48.8 Å². The molecule has 2 N–H and O–H groups in total. The van der Waals surface area contributed by atoms with Gasteiger partial charge in [-0.15, -0.1) is 0 Å². The van der Waals surface area contributed by atoms with Crippen LogP contribution in [-0.4, -0.2) is 30.6 Å². The molecule has 1 aliphatic carbocycles. The van der Waals surface area contributed by atoms with Crippen molar-refractivity contribution in [2.24, 2.45) is 17.6 Å². The van der Waals surface area contributed by atoms with Gasteiger partial charge < -0.3 is 5.73 Å². The molecular weight excluding hydrogens is 312 g/mol. The van der Waals surface area contributed by atoms with Crippen molar-refractivity contribution in [2.45, 2.75) is 38.6 Å². The van der Waals surface area contributed by atoms with Crippen molar-refractivity contribution < 1.29 is 0 Å². The van der Waals surface area contributed by atoms with Gasteiger partial charge in [0.05, 0.1) is 0 Å². The highest BCUT2D eigenvalue weighted by Gasteiger charge is 2.31. The lowest BCUT2D eigenvalue weighted by atomic mass is 9.83. The third-order valence-corrected chi connectivity index (χ3v) is 5.83. The van der Waals surface area contributed by atoms with Gasteiger partial charge in [0.25, 0.3) is 0 Å². The molecular formula is C17H25BrN2. The van der Waals surface area contributed by atoms with Crippen molar-refractivity contribution in [3.63, 3.8) is 0 Å². The van der Waals surface area contributed by atoms with E-state index in [1.54, 1.807) is 5.56 Å². The molecule has 0 amide bonds. The van der Waals surface area contributed by atoms with Gasteiger partial charge in [0.1, 0.15) is 0 Å². The van der Waals surface area contributed by atoms with Gasteiger partial charge in [0.2, 0.25) is 0 Å². The molecule has 3 heteroatoms. The first kappa shape index (κ1) is 14.6. The van der Waals surface area contributed by atoms with Gasteiger partial charge >= 0.3 is 0 Å². The normalized spacial score (nSPS) is 31.1. The molecule has 0 spiro atoms. The zero-order valence-electron chi connectivity index (χ0n) is 12.3. The largest absolute Gasteiger partial charge is 0.330 e. The molecule has 0 aromatic heterocycles. The molecule has 1 aliphatic heterocycles. The summed E-state index contributed by atoms with van der Waals surface area (Å²) in [6.45, 7) is 5.67. The van der Waals surface area contributed by atoms with Crippen LogP contribution in [0.2, 0.25) is 0 Å². The van der Waals surface area contributed by atoms with E-state index in [4.69, 9.17) is 5.73 Å². The molecule has 1 aromatic carbocycles. The van der Waals surface area contributed by atoms with Crippen molar-refractivity contribution in [1.82, 2.24) is 4.90 Å². The van der Waals surface area contributed by atoms with Crippen LogP contribution in [0.1, 0.15) is 30.9 Å². The van der Waals surface area contributed by atoms with Crippen LogP contribution in [-0.2, 0) is 12.8 Å². The number of hydrogen-bond acceptors (Lipinski definition) is 2. The third kappa shape index (κ3) is 2.95. The quantitative estimate of drug-likeness (QED) is 0.898. The third-order valence-electron chi connectivity index (χ3n) is 5.34. The number of rotatable bonds is 2. The van der Waals surface area contributed by atoms with E-state index >= 15 is 0 Å². The zero-order chi connectivity index (χ0) is 14.1. The van der Waals surface area contributed by atoms with Crippen LogP contribution in [0.3, 0.4) is 0 Å². The van der Waals surface area contributed by atoms with Gasteiger partial charge in [0, 0.05) is 17.1 Å². The Morgan fingerprint density at radius 3 is 2.95 bits per heavy atom. The molecule has 1 aromatic rings. The molecule has 3 rings (SSSR count). The van der Waals surface area contributed by atoms with E-state index in [0.29, 0.717) is 5.92 Å². The van der Waals surface area contributed by atoms with E-state index in [0.717, 1.165) is 18.5 Å². The molecule has 0 saturated carbocycles. The number of nitrogens with two attached hydrogens (primary N) is 1. The van der Waals surface area contributed by atoms with Crippen molar-refractivity contribution in [3.8, 4) is 0 Å². The molecule has 2 nitrogen and oxygen atoms in total. The second-order valence-corrected chi connectivity index (χ2v) is 7.48. The number of halogens is 1. The molecule has 2 aliphatic rings. The van der Waals surface area contributed by atoms with Crippen molar-refractivity contribution in [1.29, 1.82) is 0 Å². The molecule has 3 atom stereocenters. The Bertz CT molecular complexity index is 474. The van der Waals surface area contributed by atoms with Crippen LogP contribution in [0.25, 0.3) is 0 Å². The number of nitrogens with zero attached hydrogens (tertiary/aromatic N) is 1. The van der Waals surface area contributed by atoms with Gasteiger partial charge in [-0.3, -0.25) is 4.90 Å². The number of aryl methyl sites for hydroxylation is 1. The van der Waals surface area contributed by atoms with E-state index in [9.17, 15) is 0 Å². The fourth-order valence-corrected chi connectivity index (χ4v) is 4.24. The molecule has 1 heterocycles. The fourth-order valence-electron chi connectivity index (χ4n) is 3.83. The maximum absolute atomic E-state index is 5.95. The number of fused-ring (bicyclic) bond motifs is 1. The SMILES string of the molecule is CC1CCN(C2CCc3cc(Br)ccc3C2)CC1CN. The molecule has 0 radical (unpaired) electrons. The summed E-state index contributed by atoms with van der Waals surface area (Å²) in [5, 5.41) is 0. The van der Waals surface area contributed by atoms with E-state index < -0.39 is 0 Å². The Kier molecular flexibility index (Phi) is 4.49. The molecule has 20 heavy (non-hydrogen) atoms. The van der Waals surface area contributed by atoms with Gasteiger partial charge in [0.15, 0.2) is 0 Å². The summed E-state index contributed by atoms with van der Waals surface area (Å²) in [4.78, 5) is 2.71. The topological polar surface area (TPSA) is 29.3 Å². The van der Waals surface area contributed by atoms with Gasteiger partial charge in [-0.2, -0.15) is 0 Å². The lowest BCUT2D eigenvalue weighted by molar-refractivity contribution is 0.0841. The minimum Gasteiger partial charge on any atom is -0.330 e. The first-order chi connectivity index (χ1) is 9.67. The Labute approximate surface area is 130 Å². The minimum absolute atomic E-state index is 0.690. The molecule has 1 saturated heterocycles. The molecule has 0 bridgehead atoms. The Morgan fingerprint density at radius 2 is 2.15 bits per heavy atom. The predicted octanol–water partition coefficient (Wildman–Crippen LogP) is 3.22. The van der Waals surface area contributed by atoms with Crippen LogP contribution >= 0.6 is 15.9 Å². The number of hydrogen-bond donors (Lipinski definition) is 1. The minimum atomic E-state index is 0.690. The molecule has 110 valence electrons. The summed E-state index contributed by atoms with van der Waals surface area (Å²) in [7, 11) is 0. The van der Waals surface area contributed by atoms with Crippen LogP contribution in [0.15, 0.2) is 22.7 Å². The summed E-state index contributed by atoms with van der Waals surface area (Å²) >= 11 is 3.58. The fraction of sp³-hybridized carbons (Fsp3) is 0.647. The van der Waals surface area contributed by atoms with Crippen molar-refractivity contribution >= 4 is 15.9 Å². The number of piperidine rings is 1. The maximum Gasteiger partial charge on any atom is 0.0178 e. The van der Waals surface area contributed by atoms with Gasteiger partial charge in [-0.05, 0) is 73.9 Å². The smallest absolute Gasteiger partial charge is 0.0178 e. The van der Waals surface area contributed by atoms with E-state index in [1.807, 2.05) is 0 Å². The Hall–Kier alpha value is -0.380. The Morgan fingerprint density at radius 1 is 1.30 bits per heavy atom. The first-order valence-corrected chi connectivity index (χ1v) is 8.68. The van der Waals surface area contributed by atoms with Crippen LogP contribution in [0.5, 0.6) is 0 Å². The van der Waals surface area contributed by atoms with Crippen LogP contribution in [0.4, 0.5) is 0 Å². The summed E-state index contributed by atoms with van der Waals surface area (Å²) < 4.78 is 1.21. The average molecular weight is 337 g/mol. The first-order valence-electron chi connectivity index (χ1n) is 7.88. The van der Waals surface area contributed by atoms with Crippen molar-refractivity contribution in [3.05, 3.63) is 33.8 Å². The monoisotopic (exact) mass is 336 g/mol. The lowest BCUT2D eigenvalue weighted by Crippen LogP contribution is -2.49. The highest BCUT2D eigenvalue weighted by atomic mass is 79.9. The highest BCUT2D eigenvalue weighted by Crippen LogP contribution is 2.31. The summed E-state index contributed by atoms with van der Waals surface area (Å²) in [5.41, 5.74) is 9.03. The van der Waals surface area contributed by atoms with Crippen molar-refractivity contribution in [2.75, 3.05) is 19.6 Å². The van der Waals surface area contributed by atoms with E-state index in [2.05, 4.69) is 46.0 Å². The highest BCUT2D eigenvalue weighted by molar-refractivity contribution is 9.10. The van der Waals surface area contributed by atoms with Crippen LogP contribution in [0, 0.1) is 11.8 Å². The summed E-state index contributed by atoms with van der Waals surface area (Å²) in [6.07, 6.45) is 5.05. The average Bonchev–Trinajstić information content (AvgIpc) is 2.47. The Balaban J connectivity index is 1.69. The predicted molar refractivity (Wildman–Crippen MR) is 87.9 cm³/mol. The zero-order valence-corrected chi connectivity index (χ0v) is 13.9. The molecule has 3 unspecified atom stereocenters.